The van der Waals surface area contributed by atoms with Crippen molar-refractivity contribution in [1.29, 1.82) is 0 Å². The molecule has 0 saturated carbocycles. The first-order chi connectivity index (χ1) is 9.97. The van der Waals surface area contributed by atoms with Crippen LogP contribution in [-0.2, 0) is 0 Å². The first kappa shape index (κ1) is 17.2. The molecule has 1 rings (SSSR count). The van der Waals surface area contributed by atoms with E-state index in [1.807, 2.05) is 19.1 Å². The van der Waals surface area contributed by atoms with E-state index in [-0.39, 0.29) is 12.5 Å². The van der Waals surface area contributed by atoms with Crippen molar-refractivity contribution in [2.45, 2.75) is 32.8 Å². The van der Waals surface area contributed by atoms with Gasteiger partial charge in [0.1, 0.15) is 0 Å². The van der Waals surface area contributed by atoms with Gasteiger partial charge in [0.2, 0.25) is 0 Å². The van der Waals surface area contributed by atoms with E-state index in [9.17, 15) is 9.90 Å². The van der Waals surface area contributed by atoms with Gasteiger partial charge in [-0.2, -0.15) is 0 Å². The first-order valence-corrected chi connectivity index (χ1v) is 7.10. The van der Waals surface area contributed by atoms with Crippen LogP contribution >= 0.6 is 0 Å². The summed E-state index contributed by atoms with van der Waals surface area (Å²) in [5, 5.41) is 18.0. The molecule has 0 saturated heterocycles. The summed E-state index contributed by atoms with van der Waals surface area (Å²) in [6.07, 6.45) is 0.556. The number of aliphatic hydroxyl groups is 2. The summed E-state index contributed by atoms with van der Waals surface area (Å²) in [5.41, 5.74) is 2.27. The zero-order chi connectivity index (χ0) is 15.8. The molecule has 1 aromatic rings. The molecule has 1 aromatic carbocycles. The van der Waals surface area contributed by atoms with E-state index in [0.717, 1.165) is 11.1 Å². The van der Waals surface area contributed by atoms with Gasteiger partial charge < -0.3 is 15.1 Å². The third-order valence-electron chi connectivity index (χ3n) is 3.25. The second-order valence-corrected chi connectivity index (χ2v) is 5.12. The van der Waals surface area contributed by atoms with Crippen LogP contribution in [-0.4, -0.2) is 47.3 Å². The summed E-state index contributed by atoms with van der Waals surface area (Å²) in [6.45, 7) is 4.13. The zero-order valence-corrected chi connectivity index (χ0v) is 12.9. The number of carbonyl (C=O) groups is 1. The summed E-state index contributed by atoms with van der Waals surface area (Å²) in [6, 6.07) is 5.46. The number of aliphatic hydroxyl groups excluding tert-OH is 2. The van der Waals surface area contributed by atoms with E-state index in [0.29, 0.717) is 24.9 Å². The summed E-state index contributed by atoms with van der Waals surface area (Å²) in [5.74, 6) is 5.78. The molecule has 114 valence electrons. The van der Waals surface area contributed by atoms with Crippen molar-refractivity contribution >= 4 is 5.91 Å². The van der Waals surface area contributed by atoms with Crippen LogP contribution in [0.3, 0.4) is 0 Å². The van der Waals surface area contributed by atoms with Crippen molar-refractivity contribution in [3.63, 3.8) is 0 Å². The molecule has 1 unspecified atom stereocenters. The highest BCUT2D eigenvalue weighted by Gasteiger charge is 2.15. The average molecular weight is 289 g/mol. The highest BCUT2D eigenvalue weighted by molar-refractivity contribution is 5.96. The van der Waals surface area contributed by atoms with Crippen LogP contribution in [0.5, 0.6) is 0 Å². The van der Waals surface area contributed by atoms with Gasteiger partial charge in [0.05, 0.1) is 12.7 Å². The van der Waals surface area contributed by atoms with Crippen molar-refractivity contribution in [1.82, 2.24) is 4.90 Å². The van der Waals surface area contributed by atoms with E-state index in [1.165, 1.54) is 0 Å². The Kier molecular flexibility index (Phi) is 6.93. The first-order valence-electron chi connectivity index (χ1n) is 7.10. The van der Waals surface area contributed by atoms with Crippen molar-refractivity contribution in [3.8, 4) is 11.8 Å². The number of rotatable bonds is 5. The Balaban J connectivity index is 2.90. The number of amides is 1. The topological polar surface area (TPSA) is 60.8 Å². The normalized spacial score (nSPS) is 11.5. The Morgan fingerprint density at radius 3 is 2.76 bits per heavy atom. The van der Waals surface area contributed by atoms with Gasteiger partial charge in [0.15, 0.2) is 0 Å². The van der Waals surface area contributed by atoms with E-state index in [2.05, 4.69) is 11.8 Å². The number of nitrogens with zero attached hydrogens (tertiary/aromatic N) is 1. The summed E-state index contributed by atoms with van der Waals surface area (Å²) >= 11 is 0. The zero-order valence-electron chi connectivity index (χ0n) is 12.9. The minimum atomic E-state index is -0.419. The van der Waals surface area contributed by atoms with Gasteiger partial charge in [-0.25, -0.2) is 0 Å². The number of carbonyl (C=O) groups excluding carboxylic acids is 1. The lowest BCUT2D eigenvalue weighted by Crippen LogP contribution is -2.30. The van der Waals surface area contributed by atoms with Gasteiger partial charge in [-0.05, 0) is 38.0 Å². The minimum Gasteiger partial charge on any atom is -0.395 e. The Morgan fingerprint density at radius 1 is 1.43 bits per heavy atom. The maximum Gasteiger partial charge on any atom is 0.253 e. The van der Waals surface area contributed by atoms with Crippen LogP contribution < -0.4 is 0 Å². The van der Waals surface area contributed by atoms with E-state index in [1.54, 1.807) is 24.9 Å². The summed E-state index contributed by atoms with van der Waals surface area (Å²) in [7, 11) is 1.73. The molecule has 0 bridgehead atoms. The predicted molar refractivity (Wildman–Crippen MR) is 83.0 cm³/mol. The highest BCUT2D eigenvalue weighted by atomic mass is 16.3. The summed E-state index contributed by atoms with van der Waals surface area (Å²) in [4.78, 5) is 14.0. The van der Waals surface area contributed by atoms with Gasteiger partial charge in [-0.1, -0.05) is 17.9 Å². The predicted octanol–water partition coefficient (Wildman–Crippen LogP) is 1.57. The Labute approximate surface area is 126 Å². The molecule has 1 atom stereocenters. The minimum absolute atomic E-state index is 0.0345. The van der Waals surface area contributed by atoms with Crippen molar-refractivity contribution < 1.29 is 15.0 Å². The van der Waals surface area contributed by atoms with Crippen LogP contribution in [0, 0.1) is 18.8 Å². The lowest BCUT2D eigenvalue weighted by Gasteiger charge is -2.19. The maximum absolute atomic E-state index is 12.4. The van der Waals surface area contributed by atoms with Gasteiger partial charge in [-0.15, -0.1) is 0 Å². The second kappa shape index (κ2) is 8.46. The fraction of sp³-hybridized carbons (Fsp3) is 0.471. The number of hydrogen-bond acceptors (Lipinski definition) is 3. The van der Waals surface area contributed by atoms with Crippen LogP contribution in [0.4, 0.5) is 0 Å². The fourth-order valence-corrected chi connectivity index (χ4v) is 1.90. The molecule has 0 aliphatic carbocycles. The molecule has 0 aliphatic heterocycles. The van der Waals surface area contributed by atoms with E-state index in [4.69, 9.17) is 5.11 Å². The highest BCUT2D eigenvalue weighted by Crippen LogP contribution is 2.15. The van der Waals surface area contributed by atoms with Crippen LogP contribution in [0.15, 0.2) is 18.2 Å². The molecule has 4 nitrogen and oxygen atoms in total. The van der Waals surface area contributed by atoms with Gasteiger partial charge in [-0.3, -0.25) is 4.79 Å². The van der Waals surface area contributed by atoms with Crippen molar-refractivity contribution in [2.75, 3.05) is 20.2 Å². The lowest BCUT2D eigenvalue weighted by molar-refractivity contribution is 0.0768. The number of hydrogen-bond donors (Lipinski definition) is 2. The van der Waals surface area contributed by atoms with Crippen LogP contribution in [0.25, 0.3) is 0 Å². The van der Waals surface area contributed by atoms with Crippen LogP contribution in [0.2, 0.25) is 0 Å². The third-order valence-corrected chi connectivity index (χ3v) is 3.25. The average Bonchev–Trinajstić information content (AvgIpc) is 2.46. The monoisotopic (exact) mass is 289 g/mol. The molecular weight excluding hydrogens is 266 g/mol. The maximum atomic E-state index is 12.4. The Bertz CT molecular complexity index is 541. The molecule has 1 amide bonds. The van der Waals surface area contributed by atoms with Crippen molar-refractivity contribution in [2.24, 2.45) is 0 Å². The SMILES string of the molecule is Cc1c(C#CCCO)cccc1C(=O)N(C)CCC(C)O. The molecule has 0 aliphatic rings. The third kappa shape index (κ3) is 5.22. The molecule has 0 heterocycles. The largest absolute Gasteiger partial charge is 0.395 e. The van der Waals surface area contributed by atoms with Gasteiger partial charge >= 0.3 is 0 Å². The fourth-order valence-electron chi connectivity index (χ4n) is 1.90. The molecule has 21 heavy (non-hydrogen) atoms. The quantitative estimate of drug-likeness (QED) is 0.809. The molecule has 0 fully saturated rings. The van der Waals surface area contributed by atoms with Gasteiger partial charge in [0, 0.05) is 31.1 Å². The second-order valence-electron chi connectivity index (χ2n) is 5.12. The molecule has 2 N–H and O–H groups in total. The molecular formula is C17H23NO3. The van der Waals surface area contributed by atoms with E-state index >= 15 is 0 Å². The molecule has 0 spiro atoms. The summed E-state index contributed by atoms with van der Waals surface area (Å²) < 4.78 is 0. The Hall–Kier alpha value is -1.83. The van der Waals surface area contributed by atoms with E-state index < -0.39 is 6.10 Å². The van der Waals surface area contributed by atoms with Crippen molar-refractivity contribution in [3.05, 3.63) is 34.9 Å². The molecule has 4 heteroatoms. The van der Waals surface area contributed by atoms with Crippen LogP contribution in [0.1, 0.15) is 41.3 Å². The number of benzene rings is 1. The smallest absolute Gasteiger partial charge is 0.253 e. The molecule has 0 aromatic heterocycles. The molecule has 0 radical (unpaired) electrons. The Morgan fingerprint density at radius 2 is 2.14 bits per heavy atom. The standard InChI is InChI=1S/C17H23NO3/c1-13(20)10-11-18(3)17(21)16-9-6-8-15(14(16)2)7-4-5-12-19/h6,8-9,13,19-20H,5,10-12H2,1-3H3. The van der Waals surface area contributed by atoms with Gasteiger partial charge in [0.25, 0.3) is 5.91 Å². The lowest BCUT2D eigenvalue weighted by atomic mass is 10.0.